The number of benzene rings is 1. The van der Waals surface area contributed by atoms with Crippen molar-refractivity contribution in [2.75, 3.05) is 13.2 Å². The predicted octanol–water partition coefficient (Wildman–Crippen LogP) is 0.907. The van der Waals surface area contributed by atoms with Gasteiger partial charge in [-0.1, -0.05) is 13.3 Å². The van der Waals surface area contributed by atoms with Gasteiger partial charge in [0.15, 0.2) is 24.0 Å². The third kappa shape index (κ3) is 5.27. The van der Waals surface area contributed by atoms with E-state index in [2.05, 4.69) is 5.32 Å². The van der Waals surface area contributed by atoms with E-state index >= 15 is 0 Å². The number of sulfonamides is 1. The lowest BCUT2D eigenvalue weighted by Gasteiger charge is -2.10. The first-order valence-corrected chi connectivity index (χ1v) is 7.71. The van der Waals surface area contributed by atoms with Crippen molar-refractivity contribution in [1.29, 1.82) is 0 Å². The van der Waals surface area contributed by atoms with E-state index in [1.165, 1.54) is 0 Å². The van der Waals surface area contributed by atoms with E-state index in [0.29, 0.717) is 18.7 Å². The molecular weight excluding hydrogens is 306 g/mol. The predicted molar refractivity (Wildman–Crippen MR) is 71.1 cm³/mol. The molecule has 1 aromatic rings. The van der Waals surface area contributed by atoms with Crippen LogP contribution < -0.4 is 15.2 Å². The first-order chi connectivity index (χ1) is 9.75. The van der Waals surface area contributed by atoms with E-state index < -0.39 is 44.8 Å². The molecule has 0 radical (unpaired) electrons. The zero-order chi connectivity index (χ0) is 16.0. The van der Waals surface area contributed by atoms with E-state index in [1.807, 2.05) is 6.92 Å². The maximum Gasteiger partial charge on any atom is 0.257 e. The van der Waals surface area contributed by atoms with Crippen LogP contribution in [0.25, 0.3) is 0 Å². The second-order valence-electron chi connectivity index (χ2n) is 4.25. The second-order valence-corrected chi connectivity index (χ2v) is 5.81. The standard InChI is InChI=1S/C12H16F2N2O4S/c1-2-3-4-16-11(17)7-20-12-9(13)5-8(6-10(12)14)21(15,18)19/h5-6H,2-4,7H2,1H3,(H,16,17)(H2,15,18,19). The molecule has 0 spiro atoms. The van der Waals surface area contributed by atoms with Crippen molar-refractivity contribution in [2.24, 2.45) is 5.14 Å². The Morgan fingerprint density at radius 1 is 1.33 bits per heavy atom. The molecule has 9 heteroatoms. The molecule has 0 saturated heterocycles. The van der Waals surface area contributed by atoms with Crippen LogP contribution in [0.1, 0.15) is 19.8 Å². The number of carbonyl (C=O) groups excluding carboxylic acids is 1. The molecule has 118 valence electrons. The number of ether oxygens (including phenoxy) is 1. The Bertz CT molecular complexity index is 597. The maximum atomic E-state index is 13.6. The Morgan fingerprint density at radius 2 is 1.90 bits per heavy atom. The molecule has 0 aliphatic heterocycles. The summed E-state index contributed by atoms with van der Waals surface area (Å²) >= 11 is 0. The van der Waals surface area contributed by atoms with Crippen molar-refractivity contribution in [3.05, 3.63) is 23.8 Å². The smallest absolute Gasteiger partial charge is 0.257 e. The van der Waals surface area contributed by atoms with E-state index in [9.17, 15) is 22.0 Å². The summed E-state index contributed by atoms with van der Waals surface area (Å²) in [6, 6.07) is 1.06. The molecule has 0 unspecified atom stereocenters. The molecule has 0 fully saturated rings. The summed E-state index contributed by atoms with van der Waals surface area (Å²) in [6.07, 6.45) is 1.66. The lowest BCUT2D eigenvalue weighted by atomic mass is 10.3. The molecule has 21 heavy (non-hydrogen) atoms. The first-order valence-electron chi connectivity index (χ1n) is 6.17. The maximum absolute atomic E-state index is 13.6. The van der Waals surface area contributed by atoms with E-state index in [1.54, 1.807) is 0 Å². The number of nitrogens with two attached hydrogens (primary N) is 1. The molecule has 0 bridgehead atoms. The van der Waals surface area contributed by atoms with Crippen molar-refractivity contribution >= 4 is 15.9 Å². The van der Waals surface area contributed by atoms with Crippen molar-refractivity contribution < 1.29 is 26.7 Å². The third-order valence-corrected chi connectivity index (χ3v) is 3.39. The minimum Gasteiger partial charge on any atom is -0.478 e. The van der Waals surface area contributed by atoms with Crippen molar-refractivity contribution in [2.45, 2.75) is 24.7 Å². The molecule has 1 rings (SSSR count). The van der Waals surface area contributed by atoms with Crippen LogP contribution in [0, 0.1) is 11.6 Å². The van der Waals surface area contributed by atoms with Gasteiger partial charge in [0.1, 0.15) is 0 Å². The van der Waals surface area contributed by atoms with Crippen molar-refractivity contribution in [1.82, 2.24) is 5.32 Å². The Kier molecular flexibility index (Phi) is 6.03. The molecule has 3 N–H and O–H groups in total. The van der Waals surface area contributed by atoms with Gasteiger partial charge in [-0.3, -0.25) is 4.79 Å². The normalized spacial score (nSPS) is 11.2. The van der Waals surface area contributed by atoms with Crippen LogP contribution in [-0.2, 0) is 14.8 Å². The summed E-state index contributed by atoms with van der Waals surface area (Å²) in [5.41, 5.74) is 0. The van der Waals surface area contributed by atoms with Gasteiger partial charge in [-0.15, -0.1) is 0 Å². The van der Waals surface area contributed by atoms with Gasteiger partial charge in [0.2, 0.25) is 10.0 Å². The summed E-state index contributed by atoms with van der Waals surface area (Å²) in [5, 5.41) is 7.27. The topological polar surface area (TPSA) is 98.5 Å². The molecule has 1 amide bonds. The minimum absolute atomic E-state index is 0.439. The Labute approximate surface area is 121 Å². The van der Waals surface area contributed by atoms with Crippen LogP contribution in [0.2, 0.25) is 0 Å². The van der Waals surface area contributed by atoms with E-state index in [0.717, 1.165) is 12.8 Å². The number of primary sulfonamides is 1. The number of hydrogen-bond acceptors (Lipinski definition) is 4. The van der Waals surface area contributed by atoms with Crippen LogP contribution in [0.4, 0.5) is 8.78 Å². The highest BCUT2D eigenvalue weighted by Crippen LogP contribution is 2.24. The third-order valence-electron chi connectivity index (χ3n) is 2.50. The Balaban J connectivity index is 2.75. The van der Waals surface area contributed by atoms with Crippen molar-refractivity contribution in [3.63, 3.8) is 0 Å². The highest BCUT2D eigenvalue weighted by Gasteiger charge is 2.18. The zero-order valence-corrected chi connectivity index (χ0v) is 12.2. The molecule has 6 nitrogen and oxygen atoms in total. The van der Waals surface area contributed by atoms with Gasteiger partial charge in [-0.2, -0.15) is 0 Å². The molecule has 0 aliphatic carbocycles. The fraction of sp³-hybridized carbons (Fsp3) is 0.417. The SMILES string of the molecule is CCCCNC(=O)COc1c(F)cc(S(N)(=O)=O)cc1F. The zero-order valence-electron chi connectivity index (χ0n) is 11.4. The Morgan fingerprint density at radius 3 is 2.38 bits per heavy atom. The second kappa shape index (κ2) is 7.32. The number of amides is 1. The average Bonchev–Trinajstić information content (AvgIpc) is 2.36. The molecule has 0 aliphatic rings. The van der Waals surface area contributed by atoms with Gasteiger partial charge in [0.05, 0.1) is 4.90 Å². The van der Waals surface area contributed by atoms with Gasteiger partial charge in [-0.05, 0) is 18.6 Å². The van der Waals surface area contributed by atoms with E-state index in [-0.39, 0.29) is 0 Å². The number of rotatable bonds is 7. The van der Waals surface area contributed by atoms with Gasteiger partial charge >= 0.3 is 0 Å². The lowest BCUT2D eigenvalue weighted by molar-refractivity contribution is -0.123. The number of halogens is 2. The summed E-state index contributed by atoms with van der Waals surface area (Å²) in [5.74, 6) is -3.86. The van der Waals surface area contributed by atoms with Crippen LogP contribution >= 0.6 is 0 Å². The highest BCUT2D eigenvalue weighted by atomic mass is 32.2. The van der Waals surface area contributed by atoms with Crippen LogP contribution in [-0.4, -0.2) is 27.5 Å². The number of unbranched alkanes of at least 4 members (excludes halogenated alkanes) is 1. The molecule has 1 aromatic carbocycles. The fourth-order valence-corrected chi connectivity index (χ4v) is 1.97. The lowest BCUT2D eigenvalue weighted by Crippen LogP contribution is -2.30. The number of carbonyl (C=O) groups is 1. The average molecular weight is 322 g/mol. The molecule has 0 aromatic heterocycles. The van der Waals surface area contributed by atoms with Gasteiger partial charge in [0, 0.05) is 6.54 Å². The number of nitrogens with one attached hydrogen (secondary N) is 1. The van der Waals surface area contributed by atoms with Gasteiger partial charge in [0.25, 0.3) is 5.91 Å². The first kappa shape index (κ1) is 17.3. The summed E-state index contributed by atoms with van der Waals surface area (Å²) in [6.45, 7) is 1.81. The fourth-order valence-electron chi connectivity index (χ4n) is 1.43. The van der Waals surface area contributed by atoms with Crippen LogP contribution in [0.15, 0.2) is 17.0 Å². The largest absolute Gasteiger partial charge is 0.478 e. The molecule has 0 saturated carbocycles. The van der Waals surface area contributed by atoms with Crippen LogP contribution in [0.3, 0.4) is 0 Å². The van der Waals surface area contributed by atoms with Gasteiger partial charge < -0.3 is 10.1 Å². The summed E-state index contributed by atoms with van der Waals surface area (Å²) < 4.78 is 53.9. The van der Waals surface area contributed by atoms with Crippen LogP contribution in [0.5, 0.6) is 5.75 Å². The minimum atomic E-state index is -4.23. The quantitative estimate of drug-likeness (QED) is 0.729. The monoisotopic (exact) mass is 322 g/mol. The van der Waals surface area contributed by atoms with E-state index in [4.69, 9.17) is 9.88 Å². The number of hydrogen-bond donors (Lipinski definition) is 2. The van der Waals surface area contributed by atoms with Gasteiger partial charge in [-0.25, -0.2) is 22.3 Å². The Hall–Kier alpha value is -1.74. The van der Waals surface area contributed by atoms with Crippen molar-refractivity contribution in [3.8, 4) is 5.75 Å². The molecule has 0 heterocycles. The molecule has 0 atom stereocenters. The molecular formula is C12H16F2N2O4S. The summed E-state index contributed by atoms with van der Waals surface area (Å²) in [4.78, 5) is 10.6. The highest BCUT2D eigenvalue weighted by molar-refractivity contribution is 7.89. The summed E-state index contributed by atoms with van der Waals surface area (Å²) in [7, 11) is -4.23.